The highest BCUT2D eigenvalue weighted by Crippen LogP contribution is 2.29. The van der Waals surface area contributed by atoms with E-state index in [1.165, 1.54) is 11.8 Å². The summed E-state index contributed by atoms with van der Waals surface area (Å²) in [5.41, 5.74) is 1.91. The van der Waals surface area contributed by atoms with Gasteiger partial charge in [-0.15, -0.1) is 5.10 Å². The number of thioether (sulfide) groups is 1. The van der Waals surface area contributed by atoms with Crippen molar-refractivity contribution in [2.24, 2.45) is 0 Å². The third-order valence-corrected chi connectivity index (χ3v) is 5.42. The molecule has 0 saturated carbocycles. The van der Waals surface area contributed by atoms with Crippen molar-refractivity contribution >= 4 is 34.9 Å². The van der Waals surface area contributed by atoms with E-state index in [9.17, 15) is 14.4 Å². The molecule has 3 aromatic rings. The number of amides is 1. The third kappa shape index (κ3) is 3.71. The number of carbonyl (C=O) groups is 3. The maximum absolute atomic E-state index is 12.8. The molecule has 0 unspecified atom stereocenters. The summed E-state index contributed by atoms with van der Waals surface area (Å²) in [6, 6.07) is 11.5. The van der Waals surface area contributed by atoms with Crippen LogP contribution < -0.4 is 5.32 Å². The van der Waals surface area contributed by atoms with Crippen molar-refractivity contribution in [1.82, 2.24) is 15.2 Å². The van der Waals surface area contributed by atoms with Crippen molar-refractivity contribution in [3.8, 4) is 0 Å². The Bertz CT molecular complexity index is 1140. The number of anilines is 1. The Morgan fingerprint density at radius 2 is 1.69 bits per heavy atom. The summed E-state index contributed by atoms with van der Waals surface area (Å²) in [5.74, 6) is 0.470. The van der Waals surface area contributed by atoms with Crippen LogP contribution in [0.25, 0.3) is 0 Å². The highest BCUT2D eigenvalue weighted by Gasteiger charge is 2.29. The van der Waals surface area contributed by atoms with E-state index in [1.54, 1.807) is 42.5 Å². The van der Waals surface area contributed by atoms with Gasteiger partial charge in [-0.3, -0.25) is 19.5 Å². The van der Waals surface area contributed by atoms with Gasteiger partial charge in [-0.1, -0.05) is 49.9 Å². The van der Waals surface area contributed by atoms with Crippen LogP contribution in [0.2, 0.25) is 0 Å². The molecule has 1 aromatic heterocycles. The molecule has 0 radical (unpaired) electrons. The van der Waals surface area contributed by atoms with Gasteiger partial charge < -0.3 is 5.32 Å². The lowest BCUT2D eigenvalue weighted by Gasteiger charge is -2.18. The second-order valence-electron chi connectivity index (χ2n) is 6.96. The Labute approximate surface area is 171 Å². The van der Waals surface area contributed by atoms with Crippen molar-refractivity contribution in [2.75, 3.05) is 11.1 Å². The fourth-order valence-corrected chi connectivity index (χ4v) is 3.69. The first-order valence-corrected chi connectivity index (χ1v) is 10.1. The number of rotatable bonds is 5. The first-order valence-electron chi connectivity index (χ1n) is 9.11. The van der Waals surface area contributed by atoms with E-state index < -0.39 is 0 Å². The van der Waals surface area contributed by atoms with E-state index in [0.29, 0.717) is 33.1 Å². The average molecular weight is 406 g/mol. The number of benzene rings is 2. The summed E-state index contributed by atoms with van der Waals surface area (Å²) in [6.45, 7) is 4.00. The van der Waals surface area contributed by atoms with E-state index >= 15 is 0 Å². The van der Waals surface area contributed by atoms with Crippen molar-refractivity contribution in [3.63, 3.8) is 0 Å². The van der Waals surface area contributed by atoms with Crippen LogP contribution >= 0.6 is 11.8 Å². The smallest absolute Gasteiger partial charge is 0.234 e. The first-order chi connectivity index (χ1) is 13.9. The Morgan fingerprint density at radius 1 is 1.03 bits per heavy atom. The monoisotopic (exact) mass is 406 g/mol. The number of ketones is 2. The molecular weight excluding hydrogens is 388 g/mol. The molecule has 0 aliphatic heterocycles. The SMILES string of the molecule is CC(C)c1nc(SCC(=O)Nc2ccc3c(c2)C(=O)c2ccccc2C3=O)n[nH]1. The number of aromatic amines is 1. The predicted molar refractivity (Wildman–Crippen MR) is 110 cm³/mol. The first kappa shape index (κ1) is 19.1. The molecule has 1 aliphatic carbocycles. The minimum atomic E-state index is -0.249. The van der Waals surface area contributed by atoms with Gasteiger partial charge in [-0.05, 0) is 18.2 Å². The molecule has 4 rings (SSSR count). The van der Waals surface area contributed by atoms with Gasteiger partial charge in [0.2, 0.25) is 11.1 Å². The summed E-state index contributed by atoms with van der Waals surface area (Å²) >= 11 is 1.22. The van der Waals surface area contributed by atoms with Crippen LogP contribution in [-0.2, 0) is 4.79 Å². The summed E-state index contributed by atoms with van der Waals surface area (Å²) < 4.78 is 0. The Kier molecular flexibility index (Phi) is 5.02. The molecule has 0 atom stereocenters. The molecule has 29 heavy (non-hydrogen) atoms. The number of hydrogen-bond donors (Lipinski definition) is 2. The average Bonchev–Trinajstić information content (AvgIpc) is 3.20. The molecule has 7 nitrogen and oxygen atoms in total. The van der Waals surface area contributed by atoms with Crippen molar-refractivity contribution in [1.29, 1.82) is 0 Å². The minimum absolute atomic E-state index is 0.127. The topological polar surface area (TPSA) is 105 Å². The third-order valence-electron chi connectivity index (χ3n) is 4.57. The van der Waals surface area contributed by atoms with E-state index in [-0.39, 0.29) is 29.1 Å². The fraction of sp³-hybridized carbons (Fsp3) is 0.190. The van der Waals surface area contributed by atoms with E-state index in [2.05, 4.69) is 20.5 Å². The van der Waals surface area contributed by atoms with Gasteiger partial charge in [0.05, 0.1) is 5.75 Å². The number of nitrogens with one attached hydrogen (secondary N) is 2. The summed E-state index contributed by atoms with van der Waals surface area (Å²) in [4.78, 5) is 42.0. The van der Waals surface area contributed by atoms with E-state index in [1.807, 2.05) is 13.8 Å². The van der Waals surface area contributed by atoms with Gasteiger partial charge in [-0.25, -0.2) is 4.98 Å². The number of fused-ring (bicyclic) bond motifs is 2. The minimum Gasteiger partial charge on any atom is -0.325 e. The van der Waals surface area contributed by atoms with Crippen molar-refractivity contribution in [2.45, 2.75) is 24.9 Å². The molecule has 0 fully saturated rings. The predicted octanol–water partition coefficient (Wildman–Crippen LogP) is 3.43. The van der Waals surface area contributed by atoms with Crippen LogP contribution in [-0.4, -0.2) is 38.4 Å². The summed E-state index contributed by atoms with van der Waals surface area (Å²) in [5, 5.41) is 10.2. The maximum atomic E-state index is 12.8. The number of H-pyrrole nitrogens is 1. The lowest BCUT2D eigenvalue weighted by molar-refractivity contribution is -0.113. The highest BCUT2D eigenvalue weighted by atomic mass is 32.2. The Hall–Kier alpha value is -3.26. The van der Waals surface area contributed by atoms with Crippen LogP contribution in [0.4, 0.5) is 5.69 Å². The van der Waals surface area contributed by atoms with Crippen LogP contribution in [0.15, 0.2) is 47.6 Å². The molecular formula is C21H18N4O3S. The van der Waals surface area contributed by atoms with Gasteiger partial charge in [0.15, 0.2) is 11.6 Å². The second-order valence-corrected chi connectivity index (χ2v) is 7.90. The highest BCUT2D eigenvalue weighted by molar-refractivity contribution is 7.99. The van der Waals surface area contributed by atoms with Crippen LogP contribution in [0.5, 0.6) is 0 Å². The van der Waals surface area contributed by atoms with E-state index in [4.69, 9.17) is 0 Å². The lowest BCUT2D eigenvalue weighted by Crippen LogP contribution is -2.21. The van der Waals surface area contributed by atoms with Crippen LogP contribution in [0.3, 0.4) is 0 Å². The molecule has 8 heteroatoms. The van der Waals surface area contributed by atoms with Gasteiger partial charge in [-0.2, -0.15) is 0 Å². The zero-order valence-corrected chi connectivity index (χ0v) is 16.7. The summed E-state index contributed by atoms with van der Waals surface area (Å²) in [7, 11) is 0. The number of hydrogen-bond acceptors (Lipinski definition) is 6. The normalized spacial score (nSPS) is 12.7. The lowest BCUT2D eigenvalue weighted by atomic mass is 9.84. The second kappa shape index (κ2) is 7.63. The summed E-state index contributed by atoms with van der Waals surface area (Å²) in [6.07, 6.45) is 0. The molecule has 1 amide bonds. The van der Waals surface area contributed by atoms with E-state index in [0.717, 1.165) is 5.82 Å². The maximum Gasteiger partial charge on any atom is 0.234 e. The van der Waals surface area contributed by atoms with Crippen molar-refractivity contribution in [3.05, 3.63) is 70.5 Å². The fourth-order valence-electron chi connectivity index (χ4n) is 3.09. The van der Waals surface area contributed by atoms with Crippen molar-refractivity contribution < 1.29 is 14.4 Å². The van der Waals surface area contributed by atoms with Gasteiger partial charge in [0.25, 0.3) is 0 Å². The van der Waals surface area contributed by atoms with Gasteiger partial charge >= 0.3 is 0 Å². The number of carbonyl (C=O) groups excluding carboxylic acids is 3. The zero-order chi connectivity index (χ0) is 20.5. The number of nitrogens with zero attached hydrogens (tertiary/aromatic N) is 2. The Balaban J connectivity index is 1.47. The standard InChI is InChI=1S/C21H18N4O3S/c1-11(2)20-23-21(25-24-20)29-10-17(26)22-12-7-8-15-16(9-12)19(28)14-6-4-3-5-13(14)18(15)27/h3-9,11H,10H2,1-2H3,(H,22,26)(H,23,24,25). The van der Waals surface area contributed by atoms with Crippen LogP contribution in [0.1, 0.15) is 57.4 Å². The number of aromatic nitrogens is 3. The van der Waals surface area contributed by atoms with Gasteiger partial charge in [0.1, 0.15) is 5.82 Å². The van der Waals surface area contributed by atoms with Crippen LogP contribution in [0, 0.1) is 0 Å². The van der Waals surface area contributed by atoms with Gasteiger partial charge in [0, 0.05) is 33.9 Å². The molecule has 2 N–H and O–H groups in total. The molecule has 1 heterocycles. The quantitative estimate of drug-likeness (QED) is 0.492. The molecule has 2 aromatic carbocycles. The largest absolute Gasteiger partial charge is 0.325 e. The molecule has 0 bridgehead atoms. The molecule has 0 saturated heterocycles. The molecule has 0 spiro atoms. The Morgan fingerprint density at radius 3 is 2.34 bits per heavy atom. The zero-order valence-electron chi connectivity index (χ0n) is 15.9. The molecule has 146 valence electrons. The molecule has 1 aliphatic rings.